The zero-order valence-corrected chi connectivity index (χ0v) is 12.5. The van der Waals surface area contributed by atoms with Crippen molar-refractivity contribution in [3.8, 4) is 0 Å². The highest BCUT2D eigenvalue weighted by atomic mass is 32.1. The molecule has 102 valence electrons. The van der Waals surface area contributed by atoms with E-state index in [1.807, 2.05) is 25.3 Å². The van der Waals surface area contributed by atoms with Crippen LogP contribution in [0.3, 0.4) is 0 Å². The minimum atomic E-state index is -0.123. The molecule has 3 N–H and O–H groups in total. The van der Waals surface area contributed by atoms with Crippen molar-refractivity contribution in [2.75, 3.05) is 0 Å². The van der Waals surface area contributed by atoms with Crippen LogP contribution in [0.2, 0.25) is 0 Å². The Labute approximate surface area is 117 Å². The van der Waals surface area contributed by atoms with Gasteiger partial charge in [0.1, 0.15) is 0 Å². The van der Waals surface area contributed by atoms with Crippen molar-refractivity contribution in [2.24, 2.45) is 5.84 Å². The van der Waals surface area contributed by atoms with E-state index in [-0.39, 0.29) is 11.5 Å². The maximum absolute atomic E-state index is 5.72. The standard InChI is InChI=1S/C13H19N5S/c1-8-5-6-9(7-15-8)10(16-14)11-12(13(2,3)4)17-18-19-11/h5-7,10,16H,14H2,1-4H3. The summed E-state index contributed by atoms with van der Waals surface area (Å²) in [7, 11) is 0. The Hall–Kier alpha value is -1.37. The van der Waals surface area contributed by atoms with Crippen LogP contribution in [0, 0.1) is 6.92 Å². The smallest absolute Gasteiger partial charge is 0.0861 e. The molecule has 5 nitrogen and oxygen atoms in total. The van der Waals surface area contributed by atoms with E-state index in [1.165, 1.54) is 11.5 Å². The maximum Gasteiger partial charge on any atom is 0.0861 e. The van der Waals surface area contributed by atoms with Crippen LogP contribution in [-0.4, -0.2) is 14.6 Å². The fourth-order valence-electron chi connectivity index (χ4n) is 1.88. The summed E-state index contributed by atoms with van der Waals surface area (Å²) in [6.45, 7) is 8.32. The van der Waals surface area contributed by atoms with Gasteiger partial charge in [0, 0.05) is 17.3 Å². The Morgan fingerprint density at radius 2 is 2.05 bits per heavy atom. The van der Waals surface area contributed by atoms with E-state index in [4.69, 9.17) is 5.84 Å². The monoisotopic (exact) mass is 277 g/mol. The zero-order valence-electron chi connectivity index (χ0n) is 11.6. The highest BCUT2D eigenvalue weighted by Crippen LogP contribution is 2.32. The van der Waals surface area contributed by atoms with Crippen molar-refractivity contribution in [1.82, 2.24) is 20.0 Å². The summed E-state index contributed by atoms with van der Waals surface area (Å²) in [5, 5.41) is 4.25. The number of hydrazine groups is 1. The van der Waals surface area contributed by atoms with Gasteiger partial charge < -0.3 is 0 Å². The van der Waals surface area contributed by atoms with Gasteiger partial charge in [-0.3, -0.25) is 10.8 Å². The van der Waals surface area contributed by atoms with Gasteiger partial charge in [-0.05, 0) is 30.1 Å². The molecule has 0 aromatic carbocycles. The van der Waals surface area contributed by atoms with E-state index in [2.05, 4.69) is 40.8 Å². The molecule has 1 unspecified atom stereocenters. The van der Waals surface area contributed by atoms with Gasteiger partial charge in [-0.1, -0.05) is 31.3 Å². The van der Waals surface area contributed by atoms with Crippen molar-refractivity contribution in [3.63, 3.8) is 0 Å². The molecule has 0 aliphatic rings. The summed E-state index contributed by atoms with van der Waals surface area (Å²) in [5.41, 5.74) is 5.76. The molecule has 0 amide bonds. The SMILES string of the molecule is Cc1ccc(C(NN)c2snnc2C(C)(C)C)cn1. The van der Waals surface area contributed by atoms with Crippen LogP contribution in [0.1, 0.15) is 48.6 Å². The third-order valence-corrected chi connectivity index (χ3v) is 3.71. The molecule has 1 atom stereocenters. The molecule has 0 spiro atoms. The Morgan fingerprint density at radius 3 is 2.58 bits per heavy atom. The molecule has 0 radical (unpaired) electrons. The second-order valence-electron chi connectivity index (χ2n) is 5.57. The molecule has 19 heavy (non-hydrogen) atoms. The number of hydrogen-bond donors (Lipinski definition) is 2. The molecule has 2 aromatic heterocycles. The first kappa shape index (κ1) is 14.0. The average Bonchev–Trinajstić information content (AvgIpc) is 2.81. The third kappa shape index (κ3) is 2.97. The first-order valence-electron chi connectivity index (χ1n) is 6.15. The van der Waals surface area contributed by atoms with E-state index in [0.717, 1.165) is 21.8 Å². The predicted molar refractivity (Wildman–Crippen MR) is 76.7 cm³/mol. The minimum Gasteiger partial charge on any atom is -0.271 e. The number of nitrogens with zero attached hydrogens (tertiary/aromatic N) is 3. The van der Waals surface area contributed by atoms with Crippen LogP contribution >= 0.6 is 11.5 Å². The van der Waals surface area contributed by atoms with Gasteiger partial charge in [-0.25, -0.2) is 5.43 Å². The molecule has 2 heterocycles. The Kier molecular flexibility index (Phi) is 3.93. The summed E-state index contributed by atoms with van der Waals surface area (Å²) in [4.78, 5) is 5.36. The lowest BCUT2D eigenvalue weighted by Gasteiger charge is -2.21. The molecule has 6 heteroatoms. The Morgan fingerprint density at radius 1 is 1.32 bits per heavy atom. The number of hydrogen-bond acceptors (Lipinski definition) is 6. The summed E-state index contributed by atoms with van der Waals surface area (Å²) < 4.78 is 4.08. The molecule has 0 fully saturated rings. The van der Waals surface area contributed by atoms with Gasteiger partial charge in [-0.15, -0.1) is 5.10 Å². The number of aryl methyl sites for hydroxylation is 1. The van der Waals surface area contributed by atoms with Crippen molar-refractivity contribution < 1.29 is 0 Å². The summed E-state index contributed by atoms with van der Waals surface area (Å²) in [6.07, 6.45) is 1.84. The van der Waals surface area contributed by atoms with Crippen LogP contribution in [0.25, 0.3) is 0 Å². The Balaban J connectivity index is 2.43. The average molecular weight is 277 g/mol. The predicted octanol–water partition coefficient (Wildman–Crippen LogP) is 2.09. The highest BCUT2D eigenvalue weighted by molar-refractivity contribution is 7.05. The van der Waals surface area contributed by atoms with Gasteiger partial charge in [0.05, 0.1) is 16.6 Å². The molecule has 0 aliphatic heterocycles. The van der Waals surface area contributed by atoms with E-state index in [0.29, 0.717) is 0 Å². The summed E-state index contributed by atoms with van der Waals surface area (Å²) in [6, 6.07) is 3.88. The van der Waals surface area contributed by atoms with Gasteiger partial charge >= 0.3 is 0 Å². The van der Waals surface area contributed by atoms with Gasteiger partial charge in [0.15, 0.2) is 0 Å². The van der Waals surface area contributed by atoms with Crippen LogP contribution in [0.4, 0.5) is 0 Å². The largest absolute Gasteiger partial charge is 0.271 e. The van der Waals surface area contributed by atoms with E-state index < -0.39 is 0 Å². The fourth-order valence-corrected chi connectivity index (χ4v) is 2.83. The maximum atomic E-state index is 5.72. The Bertz CT molecular complexity index is 541. The first-order chi connectivity index (χ1) is 8.93. The molecule has 0 aliphatic carbocycles. The fraction of sp³-hybridized carbons (Fsp3) is 0.462. The van der Waals surface area contributed by atoms with Crippen LogP contribution in [-0.2, 0) is 5.41 Å². The number of nitrogens with two attached hydrogens (primary N) is 1. The second-order valence-corrected chi connectivity index (χ2v) is 6.35. The minimum absolute atomic E-state index is 0.0600. The lowest BCUT2D eigenvalue weighted by atomic mass is 9.89. The first-order valence-corrected chi connectivity index (χ1v) is 6.92. The lowest BCUT2D eigenvalue weighted by Crippen LogP contribution is -2.30. The van der Waals surface area contributed by atoms with E-state index in [1.54, 1.807) is 0 Å². The normalized spacial score (nSPS) is 13.5. The molecule has 0 bridgehead atoms. The highest BCUT2D eigenvalue weighted by Gasteiger charge is 2.27. The topological polar surface area (TPSA) is 76.7 Å². The number of nitrogens with one attached hydrogen (secondary N) is 1. The van der Waals surface area contributed by atoms with Crippen molar-refractivity contribution in [2.45, 2.75) is 39.2 Å². The van der Waals surface area contributed by atoms with Gasteiger partial charge in [0.2, 0.25) is 0 Å². The zero-order chi connectivity index (χ0) is 14.0. The van der Waals surface area contributed by atoms with Crippen LogP contribution in [0.15, 0.2) is 18.3 Å². The number of aromatic nitrogens is 3. The van der Waals surface area contributed by atoms with Gasteiger partial charge in [0.25, 0.3) is 0 Å². The van der Waals surface area contributed by atoms with E-state index in [9.17, 15) is 0 Å². The van der Waals surface area contributed by atoms with Crippen LogP contribution < -0.4 is 11.3 Å². The lowest BCUT2D eigenvalue weighted by molar-refractivity contribution is 0.543. The number of rotatable bonds is 3. The second kappa shape index (κ2) is 5.32. The molecular formula is C13H19N5S. The van der Waals surface area contributed by atoms with Crippen LogP contribution in [0.5, 0.6) is 0 Å². The summed E-state index contributed by atoms with van der Waals surface area (Å²) in [5.74, 6) is 5.72. The number of pyridine rings is 1. The molecule has 0 saturated carbocycles. The molecule has 0 saturated heterocycles. The van der Waals surface area contributed by atoms with E-state index >= 15 is 0 Å². The van der Waals surface area contributed by atoms with Gasteiger partial charge in [-0.2, -0.15) is 0 Å². The molecular weight excluding hydrogens is 258 g/mol. The summed E-state index contributed by atoms with van der Waals surface area (Å²) >= 11 is 1.38. The van der Waals surface area contributed by atoms with Crippen molar-refractivity contribution >= 4 is 11.5 Å². The molecule has 2 aromatic rings. The van der Waals surface area contributed by atoms with Crippen molar-refractivity contribution in [3.05, 3.63) is 40.2 Å². The molecule has 2 rings (SSSR count). The van der Waals surface area contributed by atoms with Crippen molar-refractivity contribution in [1.29, 1.82) is 0 Å². The quantitative estimate of drug-likeness (QED) is 0.663. The third-order valence-electron chi connectivity index (χ3n) is 2.92.